The summed E-state index contributed by atoms with van der Waals surface area (Å²) < 4.78 is 0. The summed E-state index contributed by atoms with van der Waals surface area (Å²) in [6.07, 6.45) is 0. The number of nitrogens with zero attached hydrogens (tertiary/aromatic N) is 1. The Balaban J connectivity index is 2.25. The van der Waals surface area contributed by atoms with E-state index < -0.39 is 0 Å². The molecule has 1 amide bonds. The van der Waals surface area contributed by atoms with Gasteiger partial charge in [-0.2, -0.15) is 0 Å². The van der Waals surface area contributed by atoms with Gasteiger partial charge in [-0.25, -0.2) is 0 Å². The first-order valence-electron chi connectivity index (χ1n) is 6.39. The summed E-state index contributed by atoms with van der Waals surface area (Å²) in [5, 5.41) is 0.719. The molecule has 0 aliphatic rings. The van der Waals surface area contributed by atoms with Crippen LogP contribution in [-0.2, 0) is 11.3 Å². The van der Waals surface area contributed by atoms with Crippen LogP contribution in [0.25, 0.3) is 11.1 Å². The van der Waals surface area contributed by atoms with Crippen molar-refractivity contribution < 1.29 is 4.79 Å². The fourth-order valence-electron chi connectivity index (χ4n) is 2.05. The molecule has 0 atom stereocenters. The van der Waals surface area contributed by atoms with Crippen LogP contribution in [0, 0.1) is 0 Å². The Bertz CT molecular complexity index is 613. The summed E-state index contributed by atoms with van der Waals surface area (Å²) in [4.78, 5) is 13.1. The molecule has 0 heterocycles. The summed E-state index contributed by atoms with van der Waals surface area (Å²) in [5.74, 6) is -0.0758. The lowest BCUT2D eigenvalue weighted by molar-refractivity contribution is -0.128. The van der Waals surface area contributed by atoms with Crippen LogP contribution < -0.4 is 5.73 Å². The van der Waals surface area contributed by atoms with E-state index in [1.807, 2.05) is 48.5 Å². The highest BCUT2D eigenvalue weighted by Crippen LogP contribution is 2.28. The Morgan fingerprint density at radius 1 is 1.20 bits per heavy atom. The molecule has 0 saturated heterocycles. The van der Waals surface area contributed by atoms with Gasteiger partial charge in [-0.05, 0) is 23.3 Å². The molecule has 3 nitrogen and oxygen atoms in total. The lowest BCUT2D eigenvalue weighted by Gasteiger charge is -2.16. The fraction of sp³-hybridized carbons (Fsp3) is 0.188. The Kier molecular flexibility index (Phi) is 4.77. The third-order valence-electron chi connectivity index (χ3n) is 3.13. The van der Waals surface area contributed by atoms with E-state index in [0.717, 1.165) is 21.7 Å². The lowest BCUT2D eigenvalue weighted by Crippen LogP contribution is -2.32. The van der Waals surface area contributed by atoms with E-state index in [1.165, 1.54) is 0 Å². The van der Waals surface area contributed by atoms with Crippen molar-refractivity contribution in [2.24, 2.45) is 5.73 Å². The van der Waals surface area contributed by atoms with Gasteiger partial charge in [-0.3, -0.25) is 4.79 Å². The molecule has 0 aliphatic heterocycles. The van der Waals surface area contributed by atoms with Crippen LogP contribution in [0.2, 0.25) is 5.02 Å². The Morgan fingerprint density at radius 3 is 2.65 bits per heavy atom. The second-order valence-corrected chi connectivity index (χ2v) is 5.04. The first kappa shape index (κ1) is 14.6. The Morgan fingerprint density at radius 2 is 1.95 bits per heavy atom. The van der Waals surface area contributed by atoms with Crippen molar-refractivity contribution in [1.82, 2.24) is 4.90 Å². The first-order valence-corrected chi connectivity index (χ1v) is 6.77. The molecule has 2 aromatic rings. The van der Waals surface area contributed by atoms with Crippen LogP contribution >= 0.6 is 11.6 Å². The van der Waals surface area contributed by atoms with Crippen LogP contribution in [0.4, 0.5) is 0 Å². The minimum Gasteiger partial charge on any atom is -0.340 e. The molecule has 0 spiro atoms. The number of carbonyl (C=O) groups excluding carboxylic acids is 1. The number of likely N-dealkylation sites (N-methyl/N-ethyl adjacent to an activating group) is 1. The van der Waals surface area contributed by atoms with Gasteiger partial charge in [0.15, 0.2) is 0 Å². The zero-order chi connectivity index (χ0) is 14.5. The van der Waals surface area contributed by atoms with Crippen molar-refractivity contribution in [2.75, 3.05) is 13.6 Å². The number of benzene rings is 2. The average molecular weight is 289 g/mol. The molecule has 2 N–H and O–H groups in total. The maximum Gasteiger partial charge on any atom is 0.236 e. The van der Waals surface area contributed by atoms with E-state index in [9.17, 15) is 4.79 Å². The van der Waals surface area contributed by atoms with Crippen molar-refractivity contribution in [2.45, 2.75) is 6.54 Å². The normalized spacial score (nSPS) is 10.3. The van der Waals surface area contributed by atoms with E-state index in [-0.39, 0.29) is 12.5 Å². The summed E-state index contributed by atoms with van der Waals surface area (Å²) >= 11 is 6.21. The minimum absolute atomic E-state index is 0.0285. The quantitative estimate of drug-likeness (QED) is 0.940. The third kappa shape index (κ3) is 3.38. The molecule has 4 heteroatoms. The van der Waals surface area contributed by atoms with Crippen LogP contribution in [0.15, 0.2) is 48.5 Å². The molecule has 2 rings (SSSR count). The van der Waals surface area contributed by atoms with E-state index in [1.54, 1.807) is 11.9 Å². The van der Waals surface area contributed by atoms with Crippen molar-refractivity contribution in [3.05, 3.63) is 59.1 Å². The number of carbonyl (C=O) groups is 1. The van der Waals surface area contributed by atoms with Crippen molar-refractivity contribution in [3.8, 4) is 11.1 Å². The molecule has 0 aromatic heterocycles. The molecule has 0 bridgehead atoms. The maximum absolute atomic E-state index is 11.5. The smallest absolute Gasteiger partial charge is 0.236 e. The number of hydrogen-bond acceptors (Lipinski definition) is 2. The second-order valence-electron chi connectivity index (χ2n) is 4.63. The lowest BCUT2D eigenvalue weighted by atomic mass is 10.0. The van der Waals surface area contributed by atoms with Gasteiger partial charge in [0.05, 0.1) is 6.54 Å². The number of nitrogens with two attached hydrogens (primary N) is 1. The van der Waals surface area contributed by atoms with Crippen molar-refractivity contribution >= 4 is 17.5 Å². The number of halogens is 1. The van der Waals surface area contributed by atoms with Gasteiger partial charge in [-0.1, -0.05) is 48.0 Å². The largest absolute Gasteiger partial charge is 0.340 e. The molecular formula is C16H17ClN2O. The van der Waals surface area contributed by atoms with Crippen LogP contribution in [0.5, 0.6) is 0 Å². The van der Waals surface area contributed by atoms with Crippen LogP contribution in [0.1, 0.15) is 5.56 Å². The van der Waals surface area contributed by atoms with Gasteiger partial charge in [0.1, 0.15) is 0 Å². The topological polar surface area (TPSA) is 46.3 Å². The molecular weight excluding hydrogens is 272 g/mol. The number of hydrogen-bond donors (Lipinski definition) is 1. The van der Waals surface area contributed by atoms with Crippen molar-refractivity contribution in [1.29, 1.82) is 0 Å². The highest BCUT2D eigenvalue weighted by Gasteiger charge is 2.08. The summed E-state index contributed by atoms with van der Waals surface area (Å²) in [7, 11) is 1.75. The van der Waals surface area contributed by atoms with Gasteiger partial charge in [0, 0.05) is 24.2 Å². The third-order valence-corrected chi connectivity index (χ3v) is 3.46. The highest BCUT2D eigenvalue weighted by atomic mass is 35.5. The highest BCUT2D eigenvalue weighted by molar-refractivity contribution is 6.33. The predicted molar refractivity (Wildman–Crippen MR) is 82.4 cm³/mol. The molecule has 104 valence electrons. The van der Waals surface area contributed by atoms with Crippen molar-refractivity contribution in [3.63, 3.8) is 0 Å². The van der Waals surface area contributed by atoms with E-state index >= 15 is 0 Å². The molecule has 0 aliphatic carbocycles. The predicted octanol–water partition coefficient (Wildman–Crippen LogP) is 2.92. The summed E-state index contributed by atoms with van der Waals surface area (Å²) in [6, 6.07) is 15.7. The fourth-order valence-corrected chi connectivity index (χ4v) is 2.30. The van der Waals surface area contributed by atoms with Gasteiger partial charge in [0.2, 0.25) is 5.91 Å². The molecule has 0 fully saturated rings. The molecule has 20 heavy (non-hydrogen) atoms. The van der Waals surface area contributed by atoms with E-state index in [4.69, 9.17) is 17.3 Å². The summed E-state index contributed by atoms with van der Waals surface area (Å²) in [5.41, 5.74) is 8.44. The summed E-state index contributed by atoms with van der Waals surface area (Å²) in [6.45, 7) is 0.565. The van der Waals surface area contributed by atoms with Gasteiger partial charge in [0.25, 0.3) is 0 Å². The second kappa shape index (κ2) is 6.55. The standard InChI is InChI=1S/C16H17ClN2O/c1-19(16(20)10-18)11-12-5-4-6-13(9-12)14-7-2-3-8-15(14)17/h2-9H,10-11,18H2,1H3. The maximum atomic E-state index is 11.5. The van der Waals surface area contributed by atoms with Gasteiger partial charge < -0.3 is 10.6 Å². The SMILES string of the molecule is CN(Cc1cccc(-c2ccccc2Cl)c1)C(=O)CN. The Hall–Kier alpha value is -1.84. The molecule has 0 radical (unpaired) electrons. The van der Waals surface area contributed by atoms with Gasteiger partial charge in [-0.15, -0.1) is 0 Å². The minimum atomic E-state index is -0.0758. The first-order chi connectivity index (χ1) is 9.61. The zero-order valence-corrected chi connectivity index (χ0v) is 12.1. The zero-order valence-electron chi connectivity index (χ0n) is 11.3. The van der Waals surface area contributed by atoms with E-state index in [0.29, 0.717) is 6.54 Å². The average Bonchev–Trinajstić information content (AvgIpc) is 2.47. The van der Waals surface area contributed by atoms with Gasteiger partial charge >= 0.3 is 0 Å². The van der Waals surface area contributed by atoms with E-state index in [2.05, 4.69) is 0 Å². The monoisotopic (exact) mass is 288 g/mol. The number of rotatable bonds is 4. The van der Waals surface area contributed by atoms with Crippen LogP contribution in [-0.4, -0.2) is 24.4 Å². The molecule has 0 unspecified atom stereocenters. The molecule has 2 aromatic carbocycles. The van der Waals surface area contributed by atoms with Crippen LogP contribution in [0.3, 0.4) is 0 Å². The number of amides is 1. The Labute approximate surface area is 124 Å². The molecule has 0 saturated carbocycles.